The number of hydrogen-bond acceptors (Lipinski definition) is 2. The Morgan fingerprint density at radius 3 is 2.87 bits per heavy atom. The summed E-state index contributed by atoms with van der Waals surface area (Å²) in [6, 6.07) is 0. The van der Waals surface area contributed by atoms with Gasteiger partial charge >= 0.3 is 0 Å². The van der Waals surface area contributed by atoms with Crippen molar-refractivity contribution in [3.05, 3.63) is 22.8 Å². The summed E-state index contributed by atoms with van der Waals surface area (Å²) in [5.74, 6) is 2.04. The van der Waals surface area contributed by atoms with E-state index in [0.29, 0.717) is 17.8 Å². The number of fused-ring (bicyclic) bond motifs is 4. The Kier molecular flexibility index (Phi) is 4.21. The predicted molar refractivity (Wildman–Crippen MR) is 92.0 cm³/mol. The van der Waals surface area contributed by atoms with E-state index in [-0.39, 0.29) is 0 Å². The zero-order valence-electron chi connectivity index (χ0n) is 14.3. The number of carbonyl (C=O) groups is 1. The quantitative estimate of drug-likeness (QED) is 0.762. The average molecular weight is 314 g/mol. The van der Waals surface area contributed by atoms with E-state index in [1.165, 1.54) is 56.9 Å². The van der Waals surface area contributed by atoms with Gasteiger partial charge in [-0.15, -0.1) is 0 Å². The van der Waals surface area contributed by atoms with Crippen molar-refractivity contribution in [2.75, 3.05) is 6.61 Å². The van der Waals surface area contributed by atoms with E-state index in [0.717, 1.165) is 37.5 Å². The van der Waals surface area contributed by atoms with Crippen molar-refractivity contribution >= 4 is 5.78 Å². The smallest absolute Gasteiger partial charge is 0.156 e. The van der Waals surface area contributed by atoms with Crippen molar-refractivity contribution in [2.24, 2.45) is 17.3 Å². The van der Waals surface area contributed by atoms with Crippen LogP contribution in [0.1, 0.15) is 77.0 Å². The van der Waals surface area contributed by atoms with Crippen molar-refractivity contribution < 1.29 is 9.90 Å². The van der Waals surface area contributed by atoms with E-state index in [1.807, 2.05) is 6.08 Å². The maximum absolute atomic E-state index is 11.7. The van der Waals surface area contributed by atoms with Gasteiger partial charge in [-0.1, -0.05) is 18.4 Å². The van der Waals surface area contributed by atoms with Crippen LogP contribution in [0.25, 0.3) is 0 Å². The van der Waals surface area contributed by atoms with Crippen LogP contribution in [-0.2, 0) is 4.79 Å². The molecule has 0 bridgehead atoms. The maximum Gasteiger partial charge on any atom is 0.156 e. The van der Waals surface area contributed by atoms with Crippen LogP contribution in [0.3, 0.4) is 0 Å². The highest BCUT2D eigenvalue weighted by molar-refractivity contribution is 5.93. The van der Waals surface area contributed by atoms with E-state index >= 15 is 0 Å². The van der Waals surface area contributed by atoms with Crippen LogP contribution in [0.5, 0.6) is 0 Å². The summed E-state index contributed by atoms with van der Waals surface area (Å²) < 4.78 is 0. The number of aliphatic hydroxyl groups is 1. The molecule has 0 saturated heterocycles. The van der Waals surface area contributed by atoms with Crippen molar-refractivity contribution in [2.45, 2.75) is 77.0 Å². The number of carbonyl (C=O) groups excluding carboxylic acids is 1. The Hall–Kier alpha value is -0.890. The van der Waals surface area contributed by atoms with Crippen LogP contribution >= 0.6 is 0 Å². The minimum absolute atomic E-state index is 0.345. The van der Waals surface area contributed by atoms with E-state index in [9.17, 15) is 4.79 Å². The molecule has 0 aliphatic heterocycles. The molecule has 0 unspecified atom stereocenters. The van der Waals surface area contributed by atoms with Gasteiger partial charge < -0.3 is 5.11 Å². The second kappa shape index (κ2) is 6.20. The first-order valence-electron chi connectivity index (χ1n) is 9.80. The lowest BCUT2D eigenvalue weighted by Crippen LogP contribution is -2.38. The fourth-order valence-electron chi connectivity index (χ4n) is 6.35. The summed E-state index contributed by atoms with van der Waals surface area (Å²) in [5.41, 5.74) is 5.31. The fourth-order valence-corrected chi connectivity index (χ4v) is 6.35. The summed E-state index contributed by atoms with van der Waals surface area (Å²) in [5, 5.41) is 9.13. The lowest BCUT2D eigenvalue weighted by molar-refractivity contribution is -0.114. The van der Waals surface area contributed by atoms with Crippen LogP contribution in [0.2, 0.25) is 0 Å². The van der Waals surface area contributed by atoms with Gasteiger partial charge in [-0.2, -0.15) is 0 Å². The highest BCUT2D eigenvalue weighted by Crippen LogP contribution is 2.61. The topological polar surface area (TPSA) is 37.3 Å². The third-order valence-electron chi connectivity index (χ3n) is 7.34. The second-order valence-electron chi connectivity index (χ2n) is 8.33. The number of unbranched alkanes of at least 4 members (excludes halogenated alkanes) is 1. The predicted octanol–water partition coefficient (Wildman–Crippen LogP) is 4.73. The number of ketones is 1. The fraction of sp³-hybridized carbons (Fsp3) is 0.762. The molecule has 0 radical (unpaired) electrons. The first kappa shape index (κ1) is 15.6. The lowest BCUT2D eigenvalue weighted by Gasteiger charge is -2.49. The molecule has 2 fully saturated rings. The highest BCUT2D eigenvalue weighted by atomic mass is 16.2. The van der Waals surface area contributed by atoms with Gasteiger partial charge in [0.25, 0.3) is 0 Å². The highest BCUT2D eigenvalue weighted by Gasteiger charge is 2.50. The zero-order chi connectivity index (χ0) is 15.9. The number of allylic oxidation sites excluding steroid dienone is 4. The molecule has 0 amide bonds. The molecule has 126 valence electrons. The van der Waals surface area contributed by atoms with Crippen molar-refractivity contribution in [3.63, 3.8) is 0 Å². The van der Waals surface area contributed by atoms with Gasteiger partial charge in [0, 0.05) is 13.0 Å². The summed E-state index contributed by atoms with van der Waals surface area (Å²) in [7, 11) is 0. The van der Waals surface area contributed by atoms with Gasteiger partial charge in [0.2, 0.25) is 0 Å². The molecule has 0 aromatic carbocycles. The Morgan fingerprint density at radius 1 is 1.09 bits per heavy atom. The minimum atomic E-state index is 0.345. The number of aliphatic hydroxyl groups excluding tert-OH is 1. The Morgan fingerprint density at radius 2 is 2.00 bits per heavy atom. The van der Waals surface area contributed by atoms with Crippen molar-refractivity contribution in [1.29, 1.82) is 0 Å². The molecule has 2 saturated carbocycles. The van der Waals surface area contributed by atoms with Crippen molar-refractivity contribution in [3.8, 4) is 0 Å². The van der Waals surface area contributed by atoms with Gasteiger partial charge in [-0.25, -0.2) is 0 Å². The molecule has 2 heteroatoms. The largest absolute Gasteiger partial charge is 0.396 e. The maximum atomic E-state index is 11.7. The molecule has 0 aromatic heterocycles. The van der Waals surface area contributed by atoms with Gasteiger partial charge in [-0.05, 0) is 92.3 Å². The van der Waals surface area contributed by atoms with Crippen molar-refractivity contribution in [1.82, 2.24) is 0 Å². The molecular weight excluding hydrogens is 284 g/mol. The normalized spacial score (nSPS) is 36.4. The van der Waals surface area contributed by atoms with Gasteiger partial charge in [0.15, 0.2) is 5.78 Å². The van der Waals surface area contributed by atoms with Crippen LogP contribution in [0, 0.1) is 17.3 Å². The first-order chi connectivity index (χ1) is 11.2. The first-order valence-corrected chi connectivity index (χ1v) is 9.80. The third-order valence-corrected chi connectivity index (χ3v) is 7.34. The SMILES string of the molecule is O=C1C=C2CC[C@@H]3C(=C2CC1)CC[C@]1(CCCCO)CCC[C@@H]31. The second-order valence-corrected chi connectivity index (χ2v) is 8.33. The molecule has 0 aromatic rings. The Balaban J connectivity index is 1.60. The summed E-state index contributed by atoms with van der Waals surface area (Å²) in [4.78, 5) is 11.7. The lowest BCUT2D eigenvalue weighted by atomic mass is 9.56. The molecule has 1 N–H and O–H groups in total. The van der Waals surface area contributed by atoms with Crippen LogP contribution < -0.4 is 0 Å². The molecular formula is C21H30O2. The van der Waals surface area contributed by atoms with E-state index in [1.54, 1.807) is 11.1 Å². The molecule has 23 heavy (non-hydrogen) atoms. The Labute approximate surface area is 140 Å². The summed E-state index contributed by atoms with van der Waals surface area (Å²) in [6.07, 6.45) is 16.5. The molecule has 3 atom stereocenters. The van der Waals surface area contributed by atoms with E-state index in [2.05, 4.69) is 0 Å². The molecule has 4 aliphatic carbocycles. The van der Waals surface area contributed by atoms with Gasteiger partial charge in [0.1, 0.15) is 0 Å². The van der Waals surface area contributed by atoms with E-state index < -0.39 is 0 Å². The monoisotopic (exact) mass is 314 g/mol. The molecule has 0 spiro atoms. The molecule has 4 aliphatic rings. The van der Waals surface area contributed by atoms with E-state index in [4.69, 9.17) is 5.11 Å². The summed E-state index contributed by atoms with van der Waals surface area (Å²) in [6.45, 7) is 0.349. The van der Waals surface area contributed by atoms with Crippen LogP contribution in [-0.4, -0.2) is 17.5 Å². The van der Waals surface area contributed by atoms with Crippen LogP contribution in [0.4, 0.5) is 0 Å². The molecule has 4 rings (SSSR count). The third kappa shape index (κ3) is 2.63. The Bertz CT molecular complexity index is 556. The average Bonchev–Trinajstić information content (AvgIpc) is 2.98. The van der Waals surface area contributed by atoms with Gasteiger partial charge in [-0.3, -0.25) is 4.79 Å². The standard InChI is InChI=1S/C21H30O2/c22-13-2-1-10-21-11-3-4-20(21)19-7-5-15-14-16(23)6-8-17(15)18(19)9-12-21/h14,19-20,22H,1-13H2/t19-,20+,21+/m1/s1. The summed E-state index contributed by atoms with van der Waals surface area (Å²) >= 11 is 0. The number of hydrogen-bond donors (Lipinski definition) is 1. The molecule has 0 heterocycles. The minimum Gasteiger partial charge on any atom is -0.396 e. The zero-order valence-corrected chi connectivity index (χ0v) is 14.3. The molecule has 2 nitrogen and oxygen atoms in total. The van der Waals surface area contributed by atoms with Gasteiger partial charge in [0.05, 0.1) is 0 Å². The van der Waals surface area contributed by atoms with Crippen LogP contribution in [0.15, 0.2) is 22.8 Å². The number of rotatable bonds is 4.